The molecule has 1 aliphatic rings. The zero-order valence-corrected chi connectivity index (χ0v) is 11.9. The number of hydrogen-bond donors (Lipinski definition) is 0. The molecule has 3 heteroatoms. The standard InChI is InChI=1S/C16H21NO2/c1-11-6-7-15(12(2)9-11)16(19)17-8-4-5-14(17)10-13(3)18/h6-7,9,14H,4-5,8,10H2,1-3H3. The zero-order valence-electron chi connectivity index (χ0n) is 11.9. The van der Waals surface area contributed by atoms with Crippen LogP contribution in [0.1, 0.15) is 47.7 Å². The molecule has 0 radical (unpaired) electrons. The number of hydrogen-bond acceptors (Lipinski definition) is 2. The van der Waals surface area contributed by atoms with Crippen LogP contribution in [0.25, 0.3) is 0 Å². The molecule has 2 rings (SSSR count). The summed E-state index contributed by atoms with van der Waals surface area (Å²) in [5.74, 6) is 0.228. The number of benzene rings is 1. The monoisotopic (exact) mass is 259 g/mol. The Morgan fingerprint density at radius 2 is 2.05 bits per heavy atom. The lowest BCUT2D eigenvalue weighted by molar-refractivity contribution is -0.117. The molecular weight excluding hydrogens is 238 g/mol. The quantitative estimate of drug-likeness (QED) is 0.837. The predicted molar refractivity (Wildman–Crippen MR) is 75.3 cm³/mol. The van der Waals surface area contributed by atoms with E-state index in [0.29, 0.717) is 6.42 Å². The summed E-state index contributed by atoms with van der Waals surface area (Å²) in [6, 6.07) is 5.99. The van der Waals surface area contributed by atoms with Gasteiger partial charge in [0.05, 0.1) is 0 Å². The van der Waals surface area contributed by atoms with Gasteiger partial charge in [-0.1, -0.05) is 17.7 Å². The van der Waals surface area contributed by atoms with Gasteiger partial charge >= 0.3 is 0 Å². The Bertz CT molecular complexity index is 507. The Morgan fingerprint density at radius 1 is 1.32 bits per heavy atom. The first-order valence-electron chi connectivity index (χ1n) is 6.86. The van der Waals surface area contributed by atoms with Crippen LogP contribution in [0.5, 0.6) is 0 Å². The van der Waals surface area contributed by atoms with Gasteiger partial charge in [0.15, 0.2) is 0 Å². The molecule has 102 valence electrons. The van der Waals surface area contributed by atoms with Gasteiger partial charge in [0.25, 0.3) is 5.91 Å². The van der Waals surface area contributed by atoms with Crippen LogP contribution in [0.2, 0.25) is 0 Å². The second kappa shape index (κ2) is 5.55. The molecule has 0 bridgehead atoms. The molecule has 1 saturated heterocycles. The van der Waals surface area contributed by atoms with Crippen LogP contribution in [0.15, 0.2) is 18.2 Å². The van der Waals surface area contributed by atoms with E-state index in [9.17, 15) is 9.59 Å². The number of nitrogens with zero attached hydrogens (tertiary/aromatic N) is 1. The van der Waals surface area contributed by atoms with Gasteiger partial charge in [0, 0.05) is 24.6 Å². The molecule has 0 aromatic heterocycles. The van der Waals surface area contributed by atoms with Crippen molar-refractivity contribution in [2.24, 2.45) is 0 Å². The van der Waals surface area contributed by atoms with Crippen molar-refractivity contribution in [3.63, 3.8) is 0 Å². The Kier molecular flexibility index (Phi) is 4.03. The summed E-state index contributed by atoms with van der Waals surface area (Å²) < 4.78 is 0. The number of likely N-dealkylation sites (tertiary alicyclic amines) is 1. The summed E-state index contributed by atoms with van der Waals surface area (Å²) >= 11 is 0. The summed E-state index contributed by atoms with van der Waals surface area (Å²) in [6.45, 7) is 6.36. The van der Waals surface area contributed by atoms with E-state index >= 15 is 0 Å². The average Bonchev–Trinajstić information content (AvgIpc) is 2.75. The van der Waals surface area contributed by atoms with Crippen LogP contribution in [0.3, 0.4) is 0 Å². The number of rotatable bonds is 3. The summed E-state index contributed by atoms with van der Waals surface area (Å²) in [6.07, 6.45) is 2.42. The number of aryl methyl sites for hydroxylation is 2. The highest BCUT2D eigenvalue weighted by Crippen LogP contribution is 2.24. The van der Waals surface area contributed by atoms with Crippen molar-refractivity contribution in [2.45, 2.75) is 46.1 Å². The van der Waals surface area contributed by atoms with Crippen LogP contribution < -0.4 is 0 Å². The van der Waals surface area contributed by atoms with E-state index in [0.717, 1.165) is 36.1 Å². The van der Waals surface area contributed by atoms with E-state index in [1.54, 1.807) is 6.92 Å². The van der Waals surface area contributed by atoms with Gasteiger partial charge in [-0.05, 0) is 45.2 Å². The lowest BCUT2D eigenvalue weighted by Crippen LogP contribution is -2.36. The third kappa shape index (κ3) is 3.03. The van der Waals surface area contributed by atoms with Crippen LogP contribution in [0.4, 0.5) is 0 Å². The third-order valence-corrected chi connectivity index (χ3v) is 3.77. The molecule has 1 amide bonds. The van der Waals surface area contributed by atoms with E-state index in [-0.39, 0.29) is 17.7 Å². The van der Waals surface area contributed by atoms with Crippen molar-refractivity contribution in [3.8, 4) is 0 Å². The summed E-state index contributed by atoms with van der Waals surface area (Å²) in [5, 5.41) is 0. The number of carbonyl (C=O) groups is 2. The van der Waals surface area contributed by atoms with Crippen molar-refractivity contribution in [3.05, 3.63) is 34.9 Å². The molecular formula is C16H21NO2. The largest absolute Gasteiger partial charge is 0.335 e. The Balaban J connectivity index is 2.20. The smallest absolute Gasteiger partial charge is 0.254 e. The molecule has 1 aromatic rings. The zero-order chi connectivity index (χ0) is 14.0. The van der Waals surface area contributed by atoms with Gasteiger partial charge in [-0.2, -0.15) is 0 Å². The third-order valence-electron chi connectivity index (χ3n) is 3.77. The number of carbonyl (C=O) groups excluding carboxylic acids is 2. The lowest BCUT2D eigenvalue weighted by atomic mass is 10.0. The minimum atomic E-state index is 0.0706. The second-order valence-corrected chi connectivity index (χ2v) is 5.52. The molecule has 1 heterocycles. The van der Waals surface area contributed by atoms with E-state index < -0.39 is 0 Å². The van der Waals surface area contributed by atoms with E-state index in [1.165, 1.54) is 0 Å². The molecule has 0 N–H and O–H groups in total. The number of amides is 1. The highest BCUT2D eigenvalue weighted by Gasteiger charge is 2.30. The fourth-order valence-corrected chi connectivity index (χ4v) is 2.86. The molecule has 1 fully saturated rings. The number of ketones is 1. The topological polar surface area (TPSA) is 37.4 Å². The highest BCUT2D eigenvalue weighted by molar-refractivity contribution is 5.96. The Labute approximate surface area is 114 Å². The van der Waals surface area contributed by atoms with Gasteiger partial charge in [0.2, 0.25) is 0 Å². The summed E-state index contributed by atoms with van der Waals surface area (Å²) in [7, 11) is 0. The molecule has 1 aromatic carbocycles. The summed E-state index contributed by atoms with van der Waals surface area (Å²) in [5.41, 5.74) is 2.94. The maximum absolute atomic E-state index is 12.6. The Hall–Kier alpha value is -1.64. The van der Waals surface area contributed by atoms with Gasteiger partial charge in [-0.15, -0.1) is 0 Å². The molecule has 0 spiro atoms. The minimum Gasteiger partial charge on any atom is -0.335 e. The molecule has 3 nitrogen and oxygen atoms in total. The van der Waals surface area contributed by atoms with Crippen LogP contribution >= 0.6 is 0 Å². The average molecular weight is 259 g/mol. The minimum absolute atomic E-state index is 0.0706. The maximum atomic E-state index is 12.6. The maximum Gasteiger partial charge on any atom is 0.254 e. The number of Topliss-reactive ketones (excluding diaryl/α,β-unsaturated/α-hetero) is 1. The predicted octanol–water partition coefficient (Wildman–Crippen LogP) is 2.89. The molecule has 1 atom stereocenters. The van der Waals surface area contributed by atoms with Crippen LogP contribution in [-0.2, 0) is 4.79 Å². The molecule has 1 aliphatic heterocycles. The Morgan fingerprint density at radius 3 is 2.68 bits per heavy atom. The van der Waals surface area contributed by atoms with Gasteiger partial charge in [-0.3, -0.25) is 9.59 Å². The van der Waals surface area contributed by atoms with Crippen molar-refractivity contribution in [2.75, 3.05) is 6.54 Å². The van der Waals surface area contributed by atoms with Crippen molar-refractivity contribution in [1.82, 2.24) is 4.90 Å². The van der Waals surface area contributed by atoms with Gasteiger partial charge in [-0.25, -0.2) is 0 Å². The van der Waals surface area contributed by atoms with Crippen LogP contribution in [0, 0.1) is 13.8 Å². The summed E-state index contributed by atoms with van der Waals surface area (Å²) in [4.78, 5) is 25.7. The van der Waals surface area contributed by atoms with Gasteiger partial charge in [0.1, 0.15) is 5.78 Å². The second-order valence-electron chi connectivity index (χ2n) is 5.52. The van der Waals surface area contributed by atoms with E-state index in [2.05, 4.69) is 0 Å². The lowest BCUT2D eigenvalue weighted by Gasteiger charge is -2.24. The normalized spacial score (nSPS) is 18.7. The van der Waals surface area contributed by atoms with Gasteiger partial charge < -0.3 is 4.90 Å². The fourth-order valence-electron chi connectivity index (χ4n) is 2.86. The van der Waals surface area contributed by atoms with Crippen molar-refractivity contribution in [1.29, 1.82) is 0 Å². The van der Waals surface area contributed by atoms with Crippen molar-refractivity contribution >= 4 is 11.7 Å². The SMILES string of the molecule is CC(=O)CC1CCCN1C(=O)c1ccc(C)cc1C. The first kappa shape index (κ1) is 13.8. The molecule has 0 aliphatic carbocycles. The van der Waals surface area contributed by atoms with Crippen LogP contribution in [-0.4, -0.2) is 29.2 Å². The first-order chi connectivity index (χ1) is 8.99. The van der Waals surface area contributed by atoms with Crippen molar-refractivity contribution < 1.29 is 9.59 Å². The first-order valence-corrected chi connectivity index (χ1v) is 6.86. The molecule has 1 unspecified atom stereocenters. The molecule has 19 heavy (non-hydrogen) atoms. The highest BCUT2D eigenvalue weighted by atomic mass is 16.2. The molecule has 0 saturated carbocycles. The fraction of sp³-hybridized carbons (Fsp3) is 0.500. The van der Waals surface area contributed by atoms with E-state index in [4.69, 9.17) is 0 Å². The van der Waals surface area contributed by atoms with E-state index in [1.807, 2.05) is 36.9 Å².